The summed E-state index contributed by atoms with van der Waals surface area (Å²) in [7, 11) is -7.53. The van der Waals surface area contributed by atoms with Crippen LogP contribution < -0.4 is 5.14 Å². The SMILES string of the molecule is CC(O)CS(=O)(=O)c1ccc(S(N)(=O)=O)s1. The standard InChI is InChI=1S/C7H11NO5S3/c1-5(9)4-15(10,11)6-2-3-7(14-6)16(8,12)13/h2-3,5,9H,4H2,1H3,(H2,8,12,13). The first kappa shape index (κ1) is 13.6. The zero-order chi connectivity index (χ0) is 12.6. The first-order valence-electron chi connectivity index (χ1n) is 4.16. The Balaban J connectivity index is 3.13. The Labute approximate surface area is 97.7 Å². The molecule has 0 aliphatic rings. The third-order valence-electron chi connectivity index (χ3n) is 1.60. The summed E-state index contributed by atoms with van der Waals surface area (Å²) in [6, 6.07) is 2.30. The second-order valence-corrected chi connectivity index (χ2v) is 8.38. The van der Waals surface area contributed by atoms with Gasteiger partial charge in [-0.15, -0.1) is 11.3 Å². The van der Waals surface area contributed by atoms with E-state index in [1.807, 2.05) is 0 Å². The van der Waals surface area contributed by atoms with Crippen LogP contribution in [0.4, 0.5) is 0 Å². The highest BCUT2D eigenvalue weighted by atomic mass is 32.3. The Morgan fingerprint density at radius 2 is 1.81 bits per heavy atom. The van der Waals surface area contributed by atoms with Crippen LogP contribution in [0.5, 0.6) is 0 Å². The summed E-state index contributed by atoms with van der Waals surface area (Å²) in [4.78, 5) is 0. The van der Waals surface area contributed by atoms with Crippen LogP contribution in [0.2, 0.25) is 0 Å². The second kappa shape index (κ2) is 4.41. The summed E-state index contributed by atoms with van der Waals surface area (Å²) in [5.41, 5.74) is 0. The van der Waals surface area contributed by atoms with E-state index in [9.17, 15) is 16.8 Å². The van der Waals surface area contributed by atoms with Gasteiger partial charge in [-0.05, 0) is 19.1 Å². The number of nitrogens with two attached hydrogens (primary N) is 1. The Morgan fingerprint density at radius 1 is 1.31 bits per heavy atom. The van der Waals surface area contributed by atoms with Crippen LogP contribution in [0, 0.1) is 0 Å². The molecule has 6 nitrogen and oxygen atoms in total. The van der Waals surface area contributed by atoms with Crippen molar-refractivity contribution in [3.8, 4) is 0 Å². The quantitative estimate of drug-likeness (QED) is 0.777. The molecule has 0 spiro atoms. The summed E-state index contributed by atoms with van der Waals surface area (Å²) in [6.45, 7) is 1.34. The Hall–Kier alpha value is -0.480. The van der Waals surface area contributed by atoms with E-state index in [2.05, 4.69) is 0 Å². The first-order valence-corrected chi connectivity index (χ1v) is 8.18. The van der Waals surface area contributed by atoms with E-state index in [0.717, 1.165) is 6.07 Å². The van der Waals surface area contributed by atoms with Crippen molar-refractivity contribution in [1.29, 1.82) is 0 Å². The van der Waals surface area contributed by atoms with Gasteiger partial charge in [-0.25, -0.2) is 22.0 Å². The second-order valence-electron chi connectivity index (χ2n) is 3.25. The molecular weight excluding hydrogens is 274 g/mol. The molecule has 1 rings (SSSR count). The minimum Gasteiger partial charge on any atom is -0.392 e. The predicted molar refractivity (Wildman–Crippen MR) is 59.4 cm³/mol. The van der Waals surface area contributed by atoms with Crippen molar-refractivity contribution < 1.29 is 21.9 Å². The summed E-state index contributed by atoms with van der Waals surface area (Å²) in [5.74, 6) is -0.447. The fraction of sp³-hybridized carbons (Fsp3) is 0.429. The molecule has 1 aromatic heterocycles. The van der Waals surface area contributed by atoms with Gasteiger partial charge in [-0.2, -0.15) is 0 Å². The topological polar surface area (TPSA) is 115 Å². The molecule has 0 bridgehead atoms. The molecule has 9 heteroatoms. The number of aliphatic hydroxyl groups is 1. The van der Waals surface area contributed by atoms with Gasteiger partial charge in [0.25, 0.3) is 0 Å². The fourth-order valence-corrected chi connectivity index (χ4v) is 4.70. The predicted octanol–water partition coefficient (Wildman–Crippen LogP) is -0.450. The molecule has 1 atom stereocenters. The van der Waals surface area contributed by atoms with Gasteiger partial charge in [0.05, 0.1) is 11.9 Å². The van der Waals surface area contributed by atoms with Crippen LogP contribution >= 0.6 is 11.3 Å². The fourth-order valence-electron chi connectivity index (χ4n) is 1.02. The van der Waals surface area contributed by atoms with Crippen LogP contribution in [0.15, 0.2) is 20.6 Å². The molecule has 0 aliphatic heterocycles. The minimum atomic E-state index is -3.88. The molecular formula is C7H11NO5S3. The number of sulfonamides is 1. The van der Waals surface area contributed by atoms with Crippen molar-refractivity contribution in [2.24, 2.45) is 5.14 Å². The lowest BCUT2D eigenvalue weighted by atomic mass is 10.5. The van der Waals surface area contributed by atoms with Gasteiger partial charge >= 0.3 is 0 Å². The molecule has 1 aromatic rings. The van der Waals surface area contributed by atoms with E-state index in [1.54, 1.807) is 0 Å². The van der Waals surface area contributed by atoms with Gasteiger partial charge in [-0.1, -0.05) is 0 Å². The molecule has 0 aliphatic carbocycles. The molecule has 0 aromatic carbocycles. The van der Waals surface area contributed by atoms with Crippen LogP contribution in [-0.4, -0.2) is 33.8 Å². The molecule has 0 saturated carbocycles. The molecule has 1 heterocycles. The maximum Gasteiger partial charge on any atom is 0.247 e. The van der Waals surface area contributed by atoms with Crippen molar-refractivity contribution in [3.05, 3.63) is 12.1 Å². The van der Waals surface area contributed by atoms with Gasteiger partial charge < -0.3 is 5.11 Å². The maximum atomic E-state index is 11.6. The maximum absolute atomic E-state index is 11.6. The molecule has 16 heavy (non-hydrogen) atoms. The van der Waals surface area contributed by atoms with Crippen LogP contribution in [0.3, 0.4) is 0 Å². The number of hydrogen-bond acceptors (Lipinski definition) is 6. The van der Waals surface area contributed by atoms with Crippen molar-refractivity contribution in [1.82, 2.24) is 0 Å². The van der Waals surface area contributed by atoms with Gasteiger partial charge in [0.15, 0.2) is 9.84 Å². The van der Waals surface area contributed by atoms with Gasteiger partial charge in [0, 0.05) is 0 Å². The van der Waals surface area contributed by atoms with Crippen molar-refractivity contribution >= 4 is 31.2 Å². The minimum absolute atomic E-state index is 0.113. The zero-order valence-corrected chi connectivity index (χ0v) is 10.8. The number of sulfone groups is 1. The molecule has 1 unspecified atom stereocenters. The molecule has 0 amide bonds. The average molecular weight is 285 g/mol. The van der Waals surface area contributed by atoms with Gasteiger partial charge in [-0.3, -0.25) is 0 Å². The molecule has 92 valence electrons. The van der Waals surface area contributed by atoms with Gasteiger partial charge in [0.2, 0.25) is 10.0 Å². The highest BCUT2D eigenvalue weighted by Crippen LogP contribution is 2.25. The molecule has 0 radical (unpaired) electrons. The molecule has 0 fully saturated rings. The van der Waals surface area contributed by atoms with E-state index in [4.69, 9.17) is 10.2 Å². The summed E-state index contributed by atoms with van der Waals surface area (Å²) in [5, 5.41) is 13.9. The number of rotatable bonds is 4. The largest absolute Gasteiger partial charge is 0.392 e. The average Bonchev–Trinajstić information content (AvgIpc) is 2.47. The smallest absolute Gasteiger partial charge is 0.247 e. The third-order valence-corrected chi connectivity index (χ3v) is 6.60. The third kappa shape index (κ3) is 3.25. The zero-order valence-electron chi connectivity index (χ0n) is 8.32. The highest BCUT2D eigenvalue weighted by molar-refractivity contribution is 7.95. The Bertz CT molecular complexity index is 569. The highest BCUT2D eigenvalue weighted by Gasteiger charge is 2.22. The number of hydrogen-bond donors (Lipinski definition) is 2. The van der Waals surface area contributed by atoms with Crippen LogP contribution in [0.25, 0.3) is 0 Å². The van der Waals surface area contributed by atoms with Crippen LogP contribution in [0.1, 0.15) is 6.92 Å². The summed E-state index contributed by atoms with van der Waals surface area (Å²) >= 11 is 0.577. The lowest BCUT2D eigenvalue weighted by Gasteiger charge is -2.03. The molecule has 0 saturated heterocycles. The van der Waals surface area contributed by atoms with Crippen LogP contribution in [-0.2, 0) is 19.9 Å². The summed E-state index contributed by atoms with van der Waals surface area (Å²) in [6.07, 6.45) is -1.01. The number of primary sulfonamides is 1. The Kier molecular flexibility index (Phi) is 3.75. The van der Waals surface area contributed by atoms with E-state index < -0.39 is 31.7 Å². The Morgan fingerprint density at radius 3 is 2.19 bits per heavy atom. The van der Waals surface area contributed by atoms with Crippen molar-refractivity contribution in [2.45, 2.75) is 21.4 Å². The number of aliphatic hydroxyl groups excluding tert-OH is 1. The van der Waals surface area contributed by atoms with E-state index in [1.165, 1.54) is 13.0 Å². The summed E-state index contributed by atoms with van der Waals surface area (Å²) < 4.78 is 44.7. The van der Waals surface area contributed by atoms with Crippen molar-refractivity contribution in [2.75, 3.05) is 5.75 Å². The van der Waals surface area contributed by atoms with E-state index in [-0.39, 0.29) is 8.42 Å². The monoisotopic (exact) mass is 285 g/mol. The lowest BCUT2D eigenvalue weighted by molar-refractivity contribution is 0.218. The van der Waals surface area contributed by atoms with E-state index >= 15 is 0 Å². The van der Waals surface area contributed by atoms with E-state index in [0.29, 0.717) is 11.3 Å². The van der Waals surface area contributed by atoms with Crippen molar-refractivity contribution in [3.63, 3.8) is 0 Å². The normalized spacial score (nSPS) is 14.9. The van der Waals surface area contributed by atoms with Gasteiger partial charge in [0.1, 0.15) is 8.42 Å². The molecule has 3 N–H and O–H groups in total. The lowest BCUT2D eigenvalue weighted by Crippen LogP contribution is -2.16. The number of thiophene rings is 1. The first-order chi connectivity index (χ1) is 7.13.